The Morgan fingerprint density at radius 3 is 2.62 bits per heavy atom. The molecule has 1 aliphatic rings. The van der Waals surface area contributed by atoms with Gasteiger partial charge in [-0.2, -0.15) is 5.10 Å². The number of nitrogens with zero attached hydrogens (tertiary/aromatic N) is 3. The minimum absolute atomic E-state index is 0.0278. The average molecular weight is 323 g/mol. The predicted octanol–water partition coefficient (Wildman–Crippen LogP) is 3.26. The van der Waals surface area contributed by atoms with Crippen LogP contribution in [-0.2, 0) is 4.79 Å². The molecule has 1 N–H and O–H groups in total. The highest BCUT2D eigenvalue weighted by Gasteiger charge is 2.22. The summed E-state index contributed by atoms with van der Waals surface area (Å²) < 4.78 is 5.07. The highest BCUT2D eigenvalue weighted by Crippen LogP contribution is 2.26. The summed E-state index contributed by atoms with van der Waals surface area (Å²) in [5.41, 5.74) is 3.09. The number of hydrogen-bond acceptors (Lipinski definition) is 5. The summed E-state index contributed by atoms with van der Waals surface area (Å²) in [5, 5.41) is 15.2. The second-order valence-corrected chi connectivity index (χ2v) is 5.42. The molecule has 24 heavy (non-hydrogen) atoms. The lowest BCUT2D eigenvalue weighted by Gasteiger charge is -2.11. The van der Waals surface area contributed by atoms with Crippen molar-refractivity contribution in [3.8, 4) is 11.5 Å². The smallest absolute Gasteiger partial charge is 0.253 e. The van der Waals surface area contributed by atoms with E-state index in [2.05, 4.69) is 10.1 Å². The van der Waals surface area contributed by atoms with Gasteiger partial charge in [0.1, 0.15) is 0 Å². The van der Waals surface area contributed by atoms with Crippen LogP contribution in [0.1, 0.15) is 18.9 Å². The number of rotatable bonds is 4. The zero-order valence-electron chi connectivity index (χ0n) is 13.4. The molecule has 0 fully saturated rings. The van der Waals surface area contributed by atoms with E-state index in [1.807, 2.05) is 31.2 Å². The first-order chi connectivity index (χ1) is 11.6. The number of aromatic hydroxyl groups is 1. The number of aliphatic imine (C=N–C) groups is 1. The lowest BCUT2D eigenvalue weighted by molar-refractivity contribution is -0.116. The molecule has 1 heterocycles. The SMILES string of the molecule is COc1cc(C=Nc2ccc(N3N=C(C)CC3=O)cc2)ccc1O. The Bertz CT molecular complexity index is 826. The number of carbonyl (C=O) groups excluding carboxylic acids is 1. The molecule has 2 aromatic carbocycles. The molecule has 0 aliphatic carbocycles. The Hall–Kier alpha value is -3.15. The van der Waals surface area contributed by atoms with E-state index in [-0.39, 0.29) is 11.7 Å². The molecule has 0 spiro atoms. The summed E-state index contributed by atoms with van der Waals surface area (Å²) in [7, 11) is 1.50. The van der Waals surface area contributed by atoms with Gasteiger partial charge in [-0.05, 0) is 55.0 Å². The van der Waals surface area contributed by atoms with Gasteiger partial charge < -0.3 is 9.84 Å². The minimum atomic E-state index is -0.0278. The van der Waals surface area contributed by atoms with E-state index < -0.39 is 0 Å². The molecular formula is C18H17N3O3. The third kappa shape index (κ3) is 3.27. The molecule has 1 aliphatic heterocycles. The molecule has 0 atom stereocenters. The van der Waals surface area contributed by atoms with Crippen molar-refractivity contribution in [2.45, 2.75) is 13.3 Å². The Morgan fingerprint density at radius 2 is 2.00 bits per heavy atom. The monoisotopic (exact) mass is 323 g/mol. The average Bonchev–Trinajstić information content (AvgIpc) is 2.93. The molecule has 0 saturated carbocycles. The molecular weight excluding hydrogens is 306 g/mol. The summed E-state index contributed by atoms with van der Waals surface area (Å²) in [4.78, 5) is 16.2. The summed E-state index contributed by atoms with van der Waals surface area (Å²) in [6, 6.07) is 12.3. The van der Waals surface area contributed by atoms with Gasteiger partial charge in [0, 0.05) is 11.9 Å². The van der Waals surface area contributed by atoms with Crippen LogP contribution in [0.3, 0.4) is 0 Å². The van der Waals surface area contributed by atoms with Gasteiger partial charge in [-0.3, -0.25) is 9.79 Å². The number of methoxy groups -OCH3 is 1. The number of amides is 1. The zero-order valence-corrected chi connectivity index (χ0v) is 13.4. The van der Waals surface area contributed by atoms with Gasteiger partial charge in [-0.15, -0.1) is 0 Å². The van der Waals surface area contributed by atoms with Crippen molar-refractivity contribution in [1.82, 2.24) is 0 Å². The first kappa shape index (κ1) is 15.7. The topological polar surface area (TPSA) is 74.5 Å². The molecule has 0 bridgehead atoms. The highest BCUT2D eigenvalue weighted by molar-refractivity contribution is 6.12. The molecule has 122 valence electrons. The van der Waals surface area contributed by atoms with Crippen LogP contribution in [0.15, 0.2) is 52.6 Å². The Kier molecular flexibility index (Phi) is 4.29. The molecule has 3 rings (SSSR count). The number of ether oxygens (including phenoxy) is 1. The lowest BCUT2D eigenvalue weighted by atomic mass is 10.2. The molecule has 0 radical (unpaired) electrons. The molecule has 0 unspecified atom stereocenters. The van der Waals surface area contributed by atoms with Gasteiger partial charge in [-0.25, -0.2) is 5.01 Å². The molecule has 0 saturated heterocycles. The van der Waals surface area contributed by atoms with Crippen molar-refractivity contribution in [2.24, 2.45) is 10.1 Å². The van der Waals surface area contributed by atoms with E-state index in [0.717, 1.165) is 22.6 Å². The van der Waals surface area contributed by atoms with Gasteiger partial charge in [0.05, 0.1) is 24.9 Å². The van der Waals surface area contributed by atoms with Crippen LogP contribution >= 0.6 is 0 Å². The number of phenolic OH excluding ortho intramolecular Hbond substituents is 1. The van der Waals surface area contributed by atoms with Gasteiger partial charge in [0.15, 0.2) is 11.5 Å². The van der Waals surface area contributed by atoms with Gasteiger partial charge in [-0.1, -0.05) is 0 Å². The number of anilines is 1. The quantitative estimate of drug-likeness (QED) is 0.878. The van der Waals surface area contributed by atoms with E-state index in [9.17, 15) is 9.90 Å². The lowest BCUT2D eigenvalue weighted by Crippen LogP contribution is -2.19. The summed E-state index contributed by atoms with van der Waals surface area (Å²) in [5.74, 6) is 0.458. The van der Waals surface area contributed by atoms with Crippen molar-refractivity contribution < 1.29 is 14.6 Å². The van der Waals surface area contributed by atoms with Crippen LogP contribution in [0.2, 0.25) is 0 Å². The van der Waals surface area contributed by atoms with E-state index in [1.54, 1.807) is 24.4 Å². The Labute approximate surface area is 139 Å². The van der Waals surface area contributed by atoms with Crippen LogP contribution in [0.5, 0.6) is 11.5 Å². The number of benzene rings is 2. The summed E-state index contributed by atoms with van der Waals surface area (Å²) in [6.45, 7) is 1.84. The fraction of sp³-hybridized carbons (Fsp3) is 0.167. The normalized spacial score (nSPS) is 14.3. The standard InChI is InChI=1S/C18H17N3O3/c1-12-9-18(23)21(20-12)15-6-4-14(5-7-15)19-11-13-3-8-16(22)17(10-13)24-2/h3-8,10-11,22H,9H2,1-2H3. The van der Waals surface area contributed by atoms with Crippen LogP contribution in [-0.4, -0.2) is 30.0 Å². The summed E-state index contributed by atoms with van der Waals surface area (Å²) >= 11 is 0. The Morgan fingerprint density at radius 1 is 1.25 bits per heavy atom. The largest absolute Gasteiger partial charge is 0.504 e. The van der Waals surface area contributed by atoms with Crippen molar-refractivity contribution in [3.63, 3.8) is 0 Å². The number of hydrazone groups is 1. The first-order valence-corrected chi connectivity index (χ1v) is 7.45. The van der Waals surface area contributed by atoms with Crippen molar-refractivity contribution in [1.29, 1.82) is 0 Å². The number of hydrogen-bond donors (Lipinski definition) is 1. The van der Waals surface area contributed by atoms with Gasteiger partial charge >= 0.3 is 0 Å². The third-order valence-corrected chi connectivity index (χ3v) is 3.57. The molecule has 1 amide bonds. The minimum Gasteiger partial charge on any atom is -0.504 e. The van der Waals surface area contributed by atoms with Crippen molar-refractivity contribution in [2.75, 3.05) is 12.1 Å². The van der Waals surface area contributed by atoms with Crippen LogP contribution < -0.4 is 9.75 Å². The van der Waals surface area contributed by atoms with E-state index >= 15 is 0 Å². The van der Waals surface area contributed by atoms with E-state index in [4.69, 9.17) is 4.74 Å². The van der Waals surface area contributed by atoms with Gasteiger partial charge in [0.2, 0.25) is 0 Å². The van der Waals surface area contributed by atoms with E-state index in [0.29, 0.717) is 12.2 Å². The summed E-state index contributed by atoms with van der Waals surface area (Å²) in [6.07, 6.45) is 2.04. The molecule has 6 nitrogen and oxygen atoms in total. The second-order valence-electron chi connectivity index (χ2n) is 5.42. The fourth-order valence-electron chi connectivity index (χ4n) is 2.36. The van der Waals surface area contributed by atoms with Crippen molar-refractivity contribution in [3.05, 3.63) is 48.0 Å². The highest BCUT2D eigenvalue weighted by atomic mass is 16.5. The predicted molar refractivity (Wildman–Crippen MR) is 93.6 cm³/mol. The van der Waals surface area contributed by atoms with Crippen molar-refractivity contribution >= 4 is 29.2 Å². The van der Waals surface area contributed by atoms with Gasteiger partial charge in [0.25, 0.3) is 5.91 Å². The Balaban J connectivity index is 1.76. The number of phenols is 1. The molecule has 6 heteroatoms. The number of carbonyl (C=O) groups is 1. The molecule has 0 aromatic heterocycles. The fourth-order valence-corrected chi connectivity index (χ4v) is 2.36. The van der Waals surface area contributed by atoms with Crippen LogP contribution in [0, 0.1) is 0 Å². The van der Waals surface area contributed by atoms with Crippen LogP contribution in [0.25, 0.3) is 0 Å². The van der Waals surface area contributed by atoms with E-state index in [1.165, 1.54) is 12.1 Å². The first-order valence-electron chi connectivity index (χ1n) is 7.45. The third-order valence-electron chi connectivity index (χ3n) is 3.57. The second kappa shape index (κ2) is 6.54. The maximum Gasteiger partial charge on any atom is 0.253 e. The maximum absolute atomic E-state index is 11.8. The molecule has 2 aromatic rings. The van der Waals surface area contributed by atoms with Crippen LogP contribution in [0.4, 0.5) is 11.4 Å². The maximum atomic E-state index is 11.8. The zero-order chi connectivity index (χ0) is 17.1.